The number of esters is 1. The summed E-state index contributed by atoms with van der Waals surface area (Å²) in [6.45, 7) is 2.53. The second-order valence-electron chi connectivity index (χ2n) is 6.19. The van der Waals surface area contributed by atoms with E-state index in [1.165, 1.54) is 6.92 Å². The molecule has 0 aliphatic rings. The molecule has 0 saturated heterocycles. The number of hydrogen-bond donors (Lipinski definition) is 0. The zero-order valence-corrected chi connectivity index (χ0v) is 15.6. The van der Waals surface area contributed by atoms with Crippen LogP contribution in [0.5, 0.6) is 5.75 Å². The Morgan fingerprint density at radius 3 is 2.46 bits per heavy atom. The maximum atomic E-state index is 12.7. The number of rotatable bonds is 8. The van der Waals surface area contributed by atoms with Crippen molar-refractivity contribution in [3.05, 3.63) is 52.7 Å². The van der Waals surface area contributed by atoms with Crippen molar-refractivity contribution in [1.82, 2.24) is 0 Å². The van der Waals surface area contributed by atoms with Crippen LogP contribution in [0.4, 0.5) is 0 Å². The molecule has 3 rings (SSSR count). The Hall–Kier alpha value is -2.40. The van der Waals surface area contributed by atoms with E-state index in [9.17, 15) is 9.59 Å². The van der Waals surface area contributed by atoms with Crippen LogP contribution >= 0.6 is 11.3 Å². The van der Waals surface area contributed by atoms with E-state index in [-0.39, 0.29) is 11.4 Å². The van der Waals surface area contributed by atoms with Crippen molar-refractivity contribution in [2.75, 3.05) is 13.2 Å². The van der Waals surface area contributed by atoms with Gasteiger partial charge in [-0.25, -0.2) is 0 Å². The van der Waals surface area contributed by atoms with Crippen LogP contribution < -0.4 is 10.2 Å². The molecule has 1 aromatic heterocycles. The molecular weight excluding hydrogens is 348 g/mol. The number of benzene rings is 2. The first-order chi connectivity index (χ1) is 12.6. The molecule has 1 heterocycles. The molecule has 0 atom stereocenters. The van der Waals surface area contributed by atoms with E-state index in [0.29, 0.717) is 18.6 Å². The summed E-state index contributed by atoms with van der Waals surface area (Å²) in [6, 6.07) is 13.4. The summed E-state index contributed by atoms with van der Waals surface area (Å²) in [6.07, 6.45) is 3.84. The maximum absolute atomic E-state index is 12.7. The van der Waals surface area contributed by atoms with E-state index >= 15 is 0 Å². The molecule has 0 bridgehead atoms. The van der Waals surface area contributed by atoms with Crippen molar-refractivity contribution in [2.45, 2.75) is 32.6 Å². The van der Waals surface area contributed by atoms with E-state index in [1.807, 2.05) is 42.5 Å². The first-order valence-electron chi connectivity index (χ1n) is 8.87. The van der Waals surface area contributed by atoms with Gasteiger partial charge < -0.3 is 9.47 Å². The van der Waals surface area contributed by atoms with Gasteiger partial charge in [0, 0.05) is 27.1 Å². The average Bonchev–Trinajstić information content (AvgIpc) is 2.64. The van der Waals surface area contributed by atoms with Crippen molar-refractivity contribution < 1.29 is 14.3 Å². The summed E-state index contributed by atoms with van der Waals surface area (Å²) >= 11 is 1.62. The van der Waals surface area contributed by atoms with Crippen LogP contribution in [0.25, 0.3) is 20.2 Å². The van der Waals surface area contributed by atoms with Crippen LogP contribution in [-0.4, -0.2) is 19.2 Å². The van der Waals surface area contributed by atoms with Crippen LogP contribution in [0.1, 0.15) is 32.6 Å². The minimum absolute atomic E-state index is 0.0604. The van der Waals surface area contributed by atoms with Gasteiger partial charge in [-0.1, -0.05) is 12.1 Å². The number of carbonyl (C=O) groups excluding carboxylic acids is 1. The maximum Gasteiger partial charge on any atom is 0.302 e. The van der Waals surface area contributed by atoms with E-state index in [1.54, 1.807) is 11.3 Å². The number of hydrogen-bond acceptors (Lipinski definition) is 5. The van der Waals surface area contributed by atoms with Gasteiger partial charge >= 0.3 is 5.97 Å². The predicted molar refractivity (Wildman–Crippen MR) is 106 cm³/mol. The molecule has 26 heavy (non-hydrogen) atoms. The fourth-order valence-electron chi connectivity index (χ4n) is 2.84. The summed E-state index contributed by atoms with van der Waals surface area (Å²) in [4.78, 5) is 23.3. The Morgan fingerprint density at radius 1 is 0.923 bits per heavy atom. The molecule has 0 N–H and O–H groups in total. The fraction of sp³-hybridized carbons (Fsp3) is 0.333. The summed E-state index contributed by atoms with van der Waals surface area (Å²) in [7, 11) is 0. The lowest BCUT2D eigenvalue weighted by Gasteiger charge is -2.08. The summed E-state index contributed by atoms with van der Waals surface area (Å²) < 4.78 is 12.7. The highest BCUT2D eigenvalue weighted by Gasteiger charge is 2.07. The van der Waals surface area contributed by atoms with Crippen LogP contribution in [0, 0.1) is 0 Å². The van der Waals surface area contributed by atoms with Gasteiger partial charge in [-0.3, -0.25) is 9.59 Å². The molecule has 136 valence electrons. The highest BCUT2D eigenvalue weighted by atomic mass is 32.1. The molecule has 4 nitrogen and oxygen atoms in total. The minimum atomic E-state index is -0.226. The molecule has 0 unspecified atom stereocenters. The normalized spacial score (nSPS) is 11.0. The van der Waals surface area contributed by atoms with E-state index in [4.69, 9.17) is 9.47 Å². The van der Waals surface area contributed by atoms with Crippen molar-refractivity contribution in [3.63, 3.8) is 0 Å². The quantitative estimate of drug-likeness (QED) is 0.321. The van der Waals surface area contributed by atoms with Crippen molar-refractivity contribution >= 4 is 37.5 Å². The Morgan fingerprint density at radius 2 is 1.65 bits per heavy atom. The third-order valence-electron chi connectivity index (χ3n) is 4.16. The number of ether oxygens (including phenoxy) is 2. The Balaban J connectivity index is 1.56. The zero-order chi connectivity index (χ0) is 18.4. The van der Waals surface area contributed by atoms with Gasteiger partial charge in [0.05, 0.1) is 13.2 Å². The Kier molecular flexibility index (Phi) is 6.23. The number of fused-ring (bicyclic) bond motifs is 2. The first kappa shape index (κ1) is 18.4. The molecule has 0 spiro atoms. The zero-order valence-electron chi connectivity index (χ0n) is 14.8. The van der Waals surface area contributed by atoms with Gasteiger partial charge in [-0.05, 0) is 56.0 Å². The molecule has 0 fully saturated rings. The third kappa shape index (κ3) is 4.61. The average molecular weight is 370 g/mol. The molecular formula is C21H22O4S. The van der Waals surface area contributed by atoms with Crippen LogP contribution in [0.3, 0.4) is 0 Å². The molecule has 0 aliphatic carbocycles. The van der Waals surface area contributed by atoms with Crippen LogP contribution in [0.2, 0.25) is 0 Å². The largest absolute Gasteiger partial charge is 0.494 e. The van der Waals surface area contributed by atoms with E-state index < -0.39 is 0 Å². The SMILES string of the molecule is CC(=O)OCCCCCCOc1ccc2sc3ccccc3c(=O)c2c1. The summed E-state index contributed by atoms with van der Waals surface area (Å²) in [5.41, 5.74) is 0.0604. The number of carbonyl (C=O) groups is 1. The molecule has 3 aromatic rings. The third-order valence-corrected chi connectivity index (χ3v) is 5.31. The molecule has 5 heteroatoms. The molecule has 0 amide bonds. The van der Waals surface area contributed by atoms with Crippen LogP contribution in [0.15, 0.2) is 47.3 Å². The Labute approximate surface area is 156 Å². The topological polar surface area (TPSA) is 52.6 Å². The molecule has 0 radical (unpaired) electrons. The lowest BCUT2D eigenvalue weighted by atomic mass is 10.2. The highest BCUT2D eigenvalue weighted by Crippen LogP contribution is 2.27. The van der Waals surface area contributed by atoms with E-state index in [0.717, 1.165) is 46.2 Å². The fourth-order valence-corrected chi connectivity index (χ4v) is 3.89. The Bertz CT molecular complexity index is 961. The lowest BCUT2D eigenvalue weighted by Crippen LogP contribution is -2.03. The second kappa shape index (κ2) is 8.81. The van der Waals surface area contributed by atoms with Gasteiger partial charge in [-0.15, -0.1) is 11.3 Å². The van der Waals surface area contributed by atoms with Gasteiger partial charge in [0.2, 0.25) is 0 Å². The lowest BCUT2D eigenvalue weighted by molar-refractivity contribution is -0.141. The van der Waals surface area contributed by atoms with Crippen molar-refractivity contribution in [2.24, 2.45) is 0 Å². The summed E-state index contributed by atoms with van der Waals surface area (Å²) in [5, 5.41) is 1.47. The number of unbranched alkanes of at least 4 members (excludes halogenated alkanes) is 3. The van der Waals surface area contributed by atoms with Gasteiger partial charge in [0.1, 0.15) is 5.75 Å². The minimum Gasteiger partial charge on any atom is -0.494 e. The smallest absolute Gasteiger partial charge is 0.302 e. The van der Waals surface area contributed by atoms with Crippen molar-refractivity contribution in [3.8, 4) is 5.75 Å². The standard InChI is InChI=1S/C21H22O4S/c1-15(22)24-12-6-2-3-7-13-25-16-10-11-20-18(14-16)21(23)17-8-4-5-9-19(17)26-20/h4-5,8-11,14H,2-3,6-7,12-13H2,1H3. The van der Waals surface area contributed by atoms with Crippen molar-refractivity contribution in [1.29, 1.82) is 0 Å². The van der Waals surface area contributed by atoms with Crippen LogP contribution in [-0.2, 0) is 9.53 Å². The van der Waals surface area contributed by atoms with Gasteiger partial charge in [0.15, 0.2) is 5.43 Å². The monoisotopic (exact) mass is 370 g/mol. The predicted octanol–water partition coefficient (Wildman–Crippen LogP) is 4.92. The summed E-state index contributed by atoms with van der Waals surface area (Å²) in [5.74, 6) is 0.507. The van der Waals surface area contributed by atoms with Gasteiger partial charge in [0.25, 0.3) is 0 Å². The molecule has 0 aliphatic heterocycles. The highest BCUT2D eigenvalue weighted by molar-refractivity contribution is 7.24. The molecule has 0 saturated carbocycles. The molecule has 2 aromatic carbocycles. The second-order valence-corrected chi connectivity index (χ2v) is 7.27. The first-order valence-corrected chi connectivity index (χ1v) is 9.68. The van der Waals surface area contributed by atoms with Gasteiger partial charge in [-0.2, -0.15) is 0 Å². The van der Waals surface area contributed by atoms with E-state index in [2.05, 4.69) is 0 Å².